The van der Waals surface area contributed by atoms with Crippen LogP contribution in [0.15, 0.2) is 0 Å². The van der Waals surface area contributed by atoms with E-state index in [1.54, 1.807) is 0 Å². The SMILES string of the molecule is CC(C)(C)C(C(=O)O)N1CC(CCl)CC1=O. The van der Waals surface area contributed by atoms with Gasteiger partial charge >= 0.3 is 5.97 Å². The molecule has 0 radical (unpaired) electrons. The molecular formula is C11H18ClNO3. The van der Waals surface area contributed by atoms with Crippen molar-refractivity contribution in [3.8, 4) is 0 Å². The quantitative estimate of drug-likeness (QED) is 0.771. The zero-order chi connectivity index (χ0) is 12.5. The first-order valence-electron chi connectivity index (χ1n) is 5.35. The molecule has 1 fully saturated rings. The van der Waals surface area contributed by atoms with E-state index in [0.717, 1.165) is 0 Å². The summed E-state index contributed by atoms with van der Waals surface area (Å²) in [6.45, 7) is 5.93. The molecule has 1 heterocycles. The zero-order valence-corrected chi connectivity index (χ0v) is 10.6. The van der Waals surface area contributed by atoms with Crippen LogP contribution in [-0.2, 0) is 9.59 Å². The second kappa shape index (κ2) is 4.62. The fraction of sp³-hybridized carbons (Fsp3) is 0.818. The second-order valence-corrected chi connectivity index (χ2v) is 5.69. The highest BCUT2D eigenvalue weighted by atomic mass is 35.5. The minimum atomic E-state index is -0.948. The smallest absolute Gasteiger partial charge is 0.326 e. The molecule has 1 N–H and O–H groups in total. The lowest BCUT2D eigenvalue weighted by molar-refractivity contribution is -0.153. The number of likely N-dealkylation sites (tertiary alicyclic amines) is 1. The van der Waals surface area contributed by atoms with E-state index in [-0.39, 0.29) is 11.8 Å². The monoisotopic (exact) mass is 247 g/mol. The highest BCUT2D eigenvalue weighted by Gasteiger charge is 2.43. The maximum absolute atomic E-state index is 11.7. The van der Waals surface area contributed by atoms with Gasteiger partial charge in [-0.2, -0.15) is 0 Å². The van der Waals surface area contributed by atoms with Gasteiger partial charge in [0.1, 0.15) is 6.04 Å². The van der Waals surface area contributed by atoms with Crippen molar-refractivity contribution in [3.05, 3.63) is 0 Å². The summed E-state index contributed by atoms with van der Waals surface area (Å²) in [5.74, 6) is -0.568. The summed E-state index contributed by atoms with van der Waals surface area (Å²) in [7, 11) is 0. The van der Waals surface area contributed by atoms with E-state index in [0.29, 0.717) is 18.8 Å². The molecule has 1 amide bonds. The average molecular weight is 248 g/mol. The van der Waals surface area contributed by atoms with Crippen molar-refractivity contribution in [1.82, 2.24) is 4.90 Å². The third-order valence-corrected chi connectivity index (χ3v) is 3.26. The third-order valence-electron chi connectivity index (χ3n) is 2.82. The minimum Gasteiger partial charge on any atom is -0.480 e. The Morgan fingerprint density at radius 3 is 2.50 bits per heavy atom. The van der Waals surface area contributed by atoms with Gasteiger partial charge in [-0.25, -0.2) is 4.79 Å². The molecule has 16 heavy (non-hydrogen) atoms. The number of amides is 1. The lowest BCUT2D eigenvalue weighted by Gasteiger charge is -2.34. The molecule has 2 atom stereocenters. The van der Waals surface area contributed by atoms with Gasteiger partial charge in [-0.3, -0.25) is 4.79 Å². The molecule has 0 aromatic rings. The molecule has 0 saturated carbocycles. The molecule has 4 nitrogen and oxygen atoms in total. The Morgan fingerprint density at radius 2 is 2.19 bits per heavy atom. The van der Waals surface area contributed by atoms with Crippen LogP contribution in [0.1, 0.15) is 27.2 Å². The molecule has 92 valence electrons. The number of halogens is 1. The highest BCUT2D eigenvalue weighted by Crippen LogP contribution is 2.30. The van der Waals surface area contributed by atoms with Crippen molar-refractivity contribution in [2.45, 2.75) is 33.2 Å². The second-order valence-electron chi connectivity index (χ2n) is 5.38. The Labute approximate surface area is 101 Å². The number of carbonyl (C=O) groups is 2. The van der Waals surface area contributed by atoms with E-state index >= 15 is 0 Å². The predicted molar refractivity (Wildman–Crippen MR) is 61.4 cm³/mol. The molecule has 0 spiro atoms. The van der Waals surface area contributed by atoms with Crippen molar-refractivity contribution in [1.29, 1.82) is 0 Å². The largest absolute Gasteiger partial charge is 0.480 e. The molecule has 2 unspecified atom stereocenters. The zero-order valence-electron chi connectivity index (χ0n) is 9.86. The van der Waals surface area contributed by atoms with Gasteiger partial charge in [-0.05, 0) is 11.3 Å². The van der Waals surface area contributed by atoms with Gasteiger partial charge < -0.3 is 10.0 Å². The van der Waals surface area contributed by atoms with Crippen molar-refractivity contribution in [2.75, 3.05) is 12.4 Å². The van der Waals surface area contributed by atoms with Crippen LogP contribution < -0.4 is 0 Å². The van der Waals surface area contributed by atoms with E-state index in [1.165, 1.54) is 4.90 Å². The topological polar surface area (TPSA) is 57.6 Å². The molecular weight excluding hydrogens is 230 g/mol. The fourth-order valence-corrected chi connectivity index (χ4v) is 2.34. The fourth-order valence-electron chi connectivity index (χ4n) is 2.13. The minimum absolute atomic E-state index is 0.0818. The standard InChI is InChI=1S/C11H18ClNO3/c1-11(2,3)9(10(15)16)13-6-7(5-12)4-8(13)14/h7,9H,4-6H2,1-3H3,(H,15,16). The van der Waals surface area contributed by atoms with Gasteiger partial charge in [0.05, 0.1) is 0 Å². The van der Waals surface area contributed by atoms with Crippen LogP contribution in [0.3, 0.4) is 0 Å². The molecule has 0 bridgehead atoms. The van der Waals surface area contributed by atoms with Crippen LogP contribution in [-0.4, -0.2) is 40.3 Å². The Bertz CT molecular complexity index is 298. The summed E-state index contributed by atoms with van der Waals surface area (Å²) in [4.78, 5) is 24.4. The number of hydrogen-bond acceptors (Lipinski definition) is 2. The van der Waals surface area contributed by atoms with Crippen molar-refractivity contribution >= 4 is 23.5 Å². The Kier molecular flexibility index (Phi) is 3.84. The Hall–Kier alpha value is -0.770. The van der Waals surface area contributed by atoms with Crippen LogP contribution in [0.25, 0.3) is 0 Å². The first kappa shape index (κ1) is 13.3. The summed E-state index contributed by atoms with van der Waals surface area (Å²) in [6, 6.07) is -0.770. The number of alkyl halides is 1. The predicted octanol–water partition coefficient (Wildman–Crippen LogP) is 1.57. The van der Waals surface area contributed by atoms with E-state index in [2.05, 4.69) is 0 Å². The summed E-state index contributed by atoms with van der Waals surface area (Å²) in [5.41, 5.74) is -0.470. The first-order chi connectivity index (χ1) is 7.27. The molecule has 1 aliphatic rings. The number of carbonyl (C=O) groups excluding carboxylic acids is 1. The number of aliphatic carboxylic acids is 1. The average Bonchev–Trinajstić information content (AvgIpc) is 2.44. The van der Waals surface area contributed by atoms with E-state index in [9.17, 15) is 14.7 Å². The molecule has 0 aromatic carbocycles. The number of carboxylic acids is 1. The molecule has 5 heteroatoms. The maximum atomic E-state index is 11.7. The molecule has 1 rings (SSSR count). The normalized spacial score (nSPS) is 23.6. The summed E-state index contributed by atoms with van der Waals surface area (Å²) in [5, 5.41) is 9.22. The number of carboxylic acid groups (broad SMARTS) is 1. The first-order valence-corrected chi connectivity index (χ1v) is 5.89. The lowest BCUT2D eigenvalue weighted by Crippen LogP contribution is -2.50. The van der Waals surface area contributed by atoms with Gasteiger partial charge in [-0.15, -0.1) is 11.6 Å². The molecule has 1 saturated heterocycles. The van der Waals surface area contributed by atoms with Crippen molar-refractivity contribution < 1.29 is 14.7 Å². The number of nitrogens with zero attached hydrogens (tertiary/aromatic N) is 1. The molecule has 0 aromatic heterocycles. The van der Waals surface area contributed by atoms with E-state index in [4.69, 9.17) is 11.6 Å². The van der Waals surface area contributed by atoms with Crippen LogP contribution in [0.2, 0.25) is 0 Å². The van der Waals surface area contributed by atoms with Gasteiger partial charge in [0, 0.05) is 18.8 Å². The van der Waals surface area contributed by atoms with Gasteiger partial charge in [0.25, 0.3) is 0 Å². The van der Waals surface area contributed by atoms with Crippen molar-refractivity contribution in [3.63, 3.8) is 0 Å². The Morgan fingerprint density at radius 1 is 1.62 bits per heavy atom. The summed E-state index contributed by atoms with van der Waals surface area (Å²) >= 11 is 5.71. The highest BCUT2D eigenvalue weighted by molar-refractivity contribution is 6.18. The molecule has 0 aliphatic carbocycles. The maximum Gasteiger partial charge on any atom is 0.326 e. The summed E-state index contributed by atoms with van der Waals surface area (Å²) < 4.78 is 0. The number of rotatable bonds is 3. The van der Waals surface area contributed by atoms with E-state index in [1.807, 2.05) is 20.8 Å². The lowest BCUT2D eigenvalue weighted by atomic mass is 9.85. The van der Waals surface area contributed by atoms with Crippen molar-refractivity contribution in [2.24, 2.45) is 11.3 Å². The van der Waals surface area contributed by atoms with Crippen LogP contribution in [0.5, 0.6) is 0 Å². The van der Waals surface area contributed by atoms with Crippen LogP contribution in [0.4, 0.5) is 0 Å². The number of hydrogen-bond donors (Lipinski definition) is 1. The van der Waals surface area contributed by atoms with Gasteiger partial charge in [0.2, 0.25) is 5.91 Å². The Balaban J connectivity index is 2.89. The summed E-state index contributed by atoms with van der Waals surface area (Å²) in [6.07, 6.45) is 0.364. The molecule has 1 aliphatic heterocycles. The van der Waals surface area contributed by atoms with E-state index < -0.39 is 17.4 Å². The third kappa shape index (κ3) is 2.67. The van der Waals surface area contributed by atoms with Crippen LogP contribution in [0, 0.1) is 11.3 Å². The van der Waals surface area contributed by atoms with Crippen LogP contribution >= 0.6 is 11.6 Å². The van der Waals surface area contributed by atoms with Gasteiger partial charge in [-0.1, -0.05) is 20.8 Å². The van der Waals surface area contributed by atoms with Gasteiger partial charge in [0.15, 0.2) is 0 Å².